The van der Waals surface area contributed by atoms with Crippen LogP contribution in [0.25, 0.3) is 11.3 Å². The topological polar surface area (TPSA) is 64.4 Å². The highest BCUT2D eigenvalue weighted by Crippen LogP contribution is 2.21. The summed E-state index contributed by atoms with van der Waals surface area (Å²) < 4.78 is 6.70. The monoisotopic (exact) mass is 389 g/mol. The molecular weight excluding hydrogens is 366 g/mol. The summed E-state index contributed by atoms with van der Waals surface area (Å²) in [4.78, 5) is 26.9. The molecule has 1 aromatic heterocycles. The van der Waals surface area contributed by atoms with Gasteiger partial charge in [-0.2, -0.15) is 5.10 Å². The predicted octanol–water partition coefficient (Wildman–Crippen LogP) is 2.89. The van der Waals surface area contributed by atoms with Gasteiger partial charge < -0.3 is 9.64 Å². The molecule has 4 rings (SSSR count). The van der Waals surface area contributed by atoms with E-state index < -0.39 is 0 Å². The fraction of sp³-hybridized carbons (Fsp3) is 0.261. The Kier molecular flexibility index (Phi) is 5.42. The van der Waals surface area contributed by atoms with Gasteiger partial charge in [-0.25, -0.2) is 4.68 Å². The van der Waals surface area contributed by atoms with Gasteiger partial charge in [0.1, 0.15) is 12.3 Å². The van der Waals surface area contributed by atoms with E-state index in [9.17, 15) is 9.59 Å². The lowest BCUT2D eigenvalue weighted by Gasteiger charge is -2.29. The third-order valence-electron chi connectivity index (χ3n) is 5.10. The number of benzene rings is 2. The number of nitrogens with zero attached hydrogens (tertiary/aromatic N) is 3. The van der Waals surface area contributed by atoms with E-state index in [1.165, 1.54) is 16.3 Å². The van der Waals surface area contributed by atoms with Crippen LogP contribution < -0.4 is 10.3 Å². The summed E-state index contributed by atoms with van der Waals surface area (Å²) in [5, 5.41) is 4.41. The Labute approximate surface area is 169 Å². The van der Waals surface area contributed by atoms with Crippen molar-refractivity contribution in [2.24, 2.45) is 0 Å². The van der Waals surface area contributed by atoms with E-state index in [1.54, 1.807) is 11.0 Å². The number of amides is 1. The van der Waals surface area contributed by atoms with E-state index in [4.69, 9.17) is 4.74 Å². The minimum Gasteiger partial charge on any atom is -0.494 e. The molecule has 0 unspecified atom stereocenters. The van der Waals surface area contributed by atoms with Gasteiger partial charge in [-0.3, -0.25) is 9.59 Å². The molecule has 29 heavy (non-hydrogen) atoms. The third kappa shape index (κ3) is 4.21. The lowest BCUT2D eigenvalue weighted by atomic mass is 10.00. The molecule has 0 fully saturated rings. The van der Waals surface area contributed by atoms with Crippen molar-refractivity contribution >= 4 is 5.91 Å². The van der Waals surface area contributed by atoms with Crippen LogP contribution in [0.1, 0.15) is 18.1 Å². The predicted molar refractivity (Wildman–Crippen MR) is 111 cm³/mol. The van der Waals surface area contributed by atoms with Crippen LogP contribution in [0.2, 0.25) is 0 Å². The van der Waals surface area contributed by atoms with E-state index in [0.29, 0.717) is 25.4 Å². The van der Waals surface area contributed by atoms with Gasteiger partial charge in [0.25, 0.3) is 5.56 Å². The van der Waals surface area contributed by atoms with Crippen molar-refractivity contribution in [1.82, 2.24) is 14.7 Å². The standard InChI is InChI=1S/C23H23N3O3/c1-2-29-20-9-7-18(8-10-20)21-11-12-22(27)26(24-21)16-23(28)25-14-13-17-5-3-4-6-19(17)15-25/h3-12H,2,13-16H2,1H3. The molecule has 6 nitrogen and oxygen atoms in total. The number of hydrogen-bond donors (Lipinski definition) is 0. The quantitative estimate of drug-likeness (QED) is 0.673. The van der Waals surface area contributed by atoms with Crippen LogP contribution in [0, 0.1) is 0 Å². The molecule has 0 N–H and O–H groups in total. The van der Waals surface area contributed by atoms with E-state index in [0.717, 1.165) is 23.3 Å². The van der Waals surface area contributed by atoms with Crippen LogP contribution in [0.3, 0.4) is 0 Å². The Morgan fingerprint density at radius 3 is 2.55 bits per heavy atom. The molecule has 3 aromatic rings. The molecule has 0 aliphatic carbocycles. The maximum Gasteiger partial charge on any atom is 0.267 e. The Morgan fingerprint density at radius 2 is 1.79 bits per heavy atom. The van der Waals surface area contributed by atoms with E-state index >= 15 is 0 Å². The van der Waals surface area contributed by atoms with Crippen LogP contribution in [0.4, 0.5) is 0 Å². The van der Waals surface area contributed by atoms with Crippen molar-refractivity contribution in [1.29, 1.82) is 0 Å². The SMILES string of the molecule is CCOc1ccc(-c2ccc(=O)n(CC(=O)N3CCc4ccccc4C3)n2)cc1. The number of hydrogen-bond acceptors (Lipinski definition) is 4. The van der Waals surface area contributed by atoms with Crippen molar-refractivity contribution in [2.45, 2.75) is 26.4 Å². The van der Waals surface area contributed by atoms with Crippen molar-refractivity contribution in [3.05, 3.63) is 82.1 Å². The largest absolute Gasteiger partial charge is 0.494 e. The zero-order valence-corrected chi connectivity index (χ0v) is 16.4. The van der Waals surface area contributed by atoms with Crippen molar-refractivity contribution in [2.75, 3.05) is 13.2 Å². The van der Waals surface area contributed by atoms with E-state index in [2.05, 4.69) is 11.2 Å². The maximum absolute atomic E-state index is 12.8. The van der Waals surface area contributed by atoms with Gasteiger partial charge in [0.15, 0.2) is 0 Å². The molecule has 0 saturated carbocycles. The lowest BCUT2D eigenvalue weighted by molar-refractivity contribution is -0.133. The molecular formula is C23H23N3O3. The average molecular weight is 389 g/mol. The second kappa shape index (κ2) is 8.31. The minimum atomic E-state index is -0.287. The van der Waals surface area contributed by atoms with Gasteiger partial charge in [0, 0.05) is 24.7 Å². The van der Waals surface area contributed by atoms with Crippen LogP contribution in [0.15, 0.2) is 65.5 Å². The molecule has 1 aliphatic heterocycles. The van der Waals surface area contributed by atoms with Gasteiger partial charge in [-0.15, -0.1) is 0 Å². The number of ether oxygens (including phenoxy) is 1. The highest BCUT2D eigenvalue weighted by molar-refractivity contribution is 5.76. The van der Waals surface area contributed by atoms with Crippen LogP contribution in [0.5, 0.6) is 5.75 Å². The average Bonchev–Trinajstić information content (AvgIpc) is 2.76. The third-order valence-corrected chi connectivity index (χ3v) is 5.10. The highest BCUT2D eigenvalue weighted by Gasteiger charge is 2.21. The summed E-state index contributed by atoms with van der Waals surface area (Å²) in [5.74, 6) is 0.683. The first-order chi connectivity index (χ1) is 14.1. The smallest absolute Gasteiger partial charge is 0.267 e. The first-order valence-electron chi connectivity index (χ1n) is 9.80. The zero-order chi connectivity index (χ0) is 20.2. The Balaban J connectivity index is 1.51. The van der Waals surface area contributed by atoms with Crippen LogP contribution in [-0.4, -0.2) is 33.7 Å². The van der Waals surface area contributed by atoms with Crippen molar-refractivity contribution in [3.63, 3.8) is 0 Å². The normalized spacial score (nSPS) is 13.1. The van der Waals surface area contributed by atoms with Crippen molar-refractivity contribution in [3.8, 4) is 17.0 Å². The fourth-order valence-electron chi connectivity index (χ4n) is 3.54. The number of rotatable bonds is 5. The molecule has 0 radical (unpaired) electrons. The van der Waals surface area contributed by atoms with Crippen LogP contribution >= 0.6 is 0 Å². The molecule has 2 heterocycles. The summed E-state index contributed by atoms with van der Waals surface area (Å²) in [6, 6.07) is 18.8. The zero-order valence-electron chi connectivity index (χ0n) is 16.4. The fourth-order valence-corrected chi connectivity index (χ4v) is 3.54. The first kappa shape index (κ1) is 18.9. The molecule has 0 saturated heterocycles. The Bertz CT molecular complexity index is 1070. The number of carbonyl (C=O) groups excluding carboxylic acids is 1. The molecule has 0 bridgehead atoms. The van der Waals surface area contributed by atoms with Gasteiger partial charge >= 0.3 is 0 Å². The Hall–Kier alpha value is -3.41. The second-order valence-corrected chi connectivity index (χ2v) is 7.01. The number of aromatic nitrogens is 2. The second-order valence-electron chi connectivity index (χ2n) is 7.01. The van der Waals surface area contributed by atoms with E-state index in [-0.39, 0.29) is 18.0 Å². The van der Waals surface area contributed by atoms with Crippen molar-refractivity contribution < 1.29 is 9.53 Å². The number of fused-ring (bicyclic) bond motifs is 1. The summed E-state index contributed by atoms with van der Waals surface area (Å²) in [6.45, 7) is 3.70. The van der Waals surface area contributed by atoms with Gasteiger partial charge in [-0.1, -0.05) is 24.3 Å². The minimum absolute atomic E-state index is 0.0636. The molecule has 0 spiro atoms. The first-order valence-corrected chi connectivity index (χ1v) is 9.80. The molecule has 2 aromatic carbocycles. The van der Waals surface area contributed by atoms with E-state index in [1.807, 2.05) is 49.4 Å². The molecule has 1 amide bonds. The summed E-state index contributed by atoms with van der Waals surface area (Å²) in [5.41, 5.74) is 3.66. The Morgan fingerprint density at radius 1 is 1.03 bits per heavy atom. The molecule has 6 heteroatoms. The lowest BCUT2D eigenvalue weighted by Crippen LogP contribution is -2.40. The molecule has 148 valence electrons. The highest BCUT2D eigenvalue weighted by atomic mass is 16.5. The van der Waals surface area contributed by atoms with Gasteiger partial charge in [0.05, 0.1) is 12.3 Å². The van der Waals surface area contributed by atoms with Gasteiger partial charge in [0.2, 0.25) is 5.91 Å². The maximum atomic E-state index is 12.8. The van der Waals surface area contributed by atoms with Crippen LogP contribution in [-0.2, 0) is 24.3 Å². The summed E-state index contributed by atoms with van der Waals surface area (Å²) >= 11 is 0. The van der Waals surface area contributed by atoms with Gasteiger partial charge in [-0.05, 0) is 54.8 Å². The molecule has 1 aliphatic rings. The summed E-state index contributed by atoms with van der Waals surface area (Å²) in [7, 11) is 0. The molecule has 0 atom stereocenters. The number of carbonyl (C=O) groups is 1. The summed E-state index contributed by atoms with van der Waals surface area (Å²) in [6.07, 6.45) is 0.830.